The largest absolute Gasteiger partial charge is 0.392 e. The summed E-state index contributed by atoms with van der Waals surface area (Å²) in [6.07, 6.45) is 0.372. The number of aliphatic hydroxyl groups excluding tert-OH is 1. The van der Waals surface area contributed by atoms with E-state index in [1.165, 1.54) is 5.56 Å². The molecule has 0 saturated carbocycles. The molecule has 2 fully saturated rings. The normalized spacial score (nSPS) is 21.1. The lowest BCUT2D eigenvalue weighted by atomic mass is 9.99. The topological polar surface area (TPSA) is 124 Å². The molecule has 2 aliphatic heterocycles. The van der Waals surface area contributed by atoms with Gasteiger partial charge in [0.1, 0.15) is 0 Å². The van der Waals surface area contributed by atoms with Crippen LogP contribution < -0.4 is 10.8 Å². The molecule has 0 unspecified atom stereocenters. The highest BCUT2D eigenvalue weighted by Gasteiger charge is 2.34. The smallest absolute Gasteiger partial charge is 0.243 e. The average Bonchev–Trinajstić information content (AvgIpc) is 3.06. The van der Waals surface area contributed by atoms with Gasteiger partial charge in [-0.15, -0.1) is 0 Å². The van der Waals surface area contributed by atoms with Crippen molar-refractivity contribution in [3.05, 3.63) is 101 Å². The molecule has 2 aliphatic rings. The van der Waals surface area contributed by atoms with E-state index in [1.807, 2.05) is 54.6 Å². The monoisotopic (exact) mass is 602 g/mol. The Morgan fingerprint density at radius 3 is 2.25 bits per heavy atom. The van der Waals surface area contributed by atoms with E-state index in [0.717, 1.165) is 56.0 Å². The van der Waals surface area contributed by atoms with Gasteiger partial charge in [-0.25, -0.2) is 5.48 Å². The number of piperazine rings is 1. The number of hydrogen-bond donors (Lipinski definition) is 4. The lowest BCUT2D eigenvalue weighted by Gasteiger charge is -2.41. The van der Waals surface area contributed by atoms with E-state index in [1.54, 1.807) is 5.48 Å². The molecule has 44 heavy (non-hydrogen) atoms. The lowest BCUT2D eigenvalue weighted by Crippen LogP contribution is -2.49. The molecule has 0 radical (unpaired) electrons. The number of rotatable bonds is 12. The number of carbonyl (C=O) groups is 2. The number of nitrogens with one attached hydrogen (secondary N) is 2. The Hall–Kier alpha value is -3.64. The Labute approximate surface area is 258 Å². The van der Waals surface area contributed by atoms with Gasteiger partial charge in [-0.3, -0.25) is 24.6 Å². The van der Waals surface area contributed by atoms with E-state index in [2.05, 4.69) is 39.4 Å². The first-order chi connectivity index (χ1) is 21.5. The van der Waals surface area contributed by atoms with Gasteiger partial charge in [0.05, 0.1) is 18.8 Å². The van der Waals surface area contributed by atoms with Crippen molar-refractivity contribution in [3.8, 4) is 0 Å². The van der Waals surface area contributed by atoms with Crippen LogP contribution in [0.4, 0.5) is 5.69 Å². The highest BCUT2D eigenvalue weighted by molar-refractivity contribution is 5.91. The molecule has 2 amide bonds. The molecular formula is C34H42N4O6. The Bertz CT molecular complexity index is 1350. The quantitative estimate of drug-likeness (QED) is 0.180. The zero-order chi connectivity index (χ0) is 30.7. The third-order valence-electron chi connectivity index (χ3n) is 8.17. The first kappa shape index (κ1) is 31.8. The minimum atomic E-state index is -0.624. The third kappa shape index (κ3) is 9.18. The summed E-state index contributed by atoms with van der Waals surface area (Å²) in [4.78, 5) is 28.7. The van der Waals surface area contributed by atoms with Crippen LogP contribution >= 0.6 is 0 Å². The molecule has 234 valence electrons. The first-order valence-corrected chi connectivity index (χ1v) is 15.3. The van der Waals surface area contributed by atoms with Gasteiger partial charge in [-0.1, -0.05) is 66.7 Å². The molecule has 5 rings (SSSR count). The van der Waals surface area contributed by atoms with Crippen LogP contribution in [0.25, 0.3) is 0 Å². The molecule has 3 atom stereocenters. The zero-order valence-electron chi connectivity index (χ0n) is 24.9. The predicted octanol–water partition coefficient (Wildman–Crippen LogP) is 4.16. The van der Waals surface area contributed by atoms with Gasteiger partial charge in [0.2, 0.25) is 11.8 Å². The molecule has 4 N–H and O–H groups in total. The van der Waals surface area contributed by atoms with Crippen molar-refractivity contribution in [1.82, 2.24) is 15.3 Å². The Balaban J connectivity index is 1.23. The number of aliphatic hydroxyl groups is 1. The van der Waals surface area contributed by atoms with Crippen molar-refractivity contribution in [2.45, 2.75) is 57.3 Å². The third-order valence-corrected chi connectivity index (χ3v) is 8.17. The molecule has 10 nitrogen and oxygen atoms in total. The molecular weight excluding hydrogens is 560 g/mol. The molecule has 0 bridgehead atoms. The number of ether oxygens (including phenoxy) is 2. The van der Waals surface area contributed by atoms with Crippen LogP contribution in [0.2, 0.25) is 0 Å². The van der Waals surface area contributed by atoms with Crippen molar-refractivity contribution < 1.29 is 29.4 Å². The minimum Gasteiger partial charge on any atom is -0.392 e. The summed E-state index contributed by atoms with van der Waals surface area (Å²) in [5, 5.41) is 21.0. The highest BCUT2D eigenvalue weighted by atomic mass is 16.7. The zero-order valence-corrected chi connectivity index (χ0v) is 24.9. The standard InChI is InChI=1S/C34H42N4O6/c39-24-26-12-14-27(15-13-26)31-21-30(23-38-18-16-37(17-19-38)22-25-6-2-1-3-7-25)43-34(44-31)28-8-4-9-29(20-28)35-32(40)10-5-11-33(41)36-42/h1-4,6-9,12-15,20,30-31,34,39,42H,5,10-11,16-19,21-24H2,(H,35,40)(H,36,41)/t30-,31+,34+/m1/s1. The van der Waals surface area contributed by atoms with E-state index in [-0.39, 0.29) is 37.6 Å². The summed E-state index contributed by atoms with van der Waals surface area (Å²) in [7, 11) is 0. The Morgan fingerprint density at radius 1 is 0.795 bits per heavy atom. The fraction of sp³-hybridized carbons (Fsp3) is 0.412. The van der Waals surface area contributed by atoms with Crippen LogP contribution in [0.3, 0.4) is 0 Å². The molecule has 0 spiro atoms. The lowest BCUT2D eigenvalue weighted by molar-refractivity contribution is -0.253. The summed E-state index contributed by atoms with van der Waals surface area (Å²) >= 11 is 0. The van der Waals surface area contributed by atoms with Gasteiger partial charge in [-0.2, -0.15) is 0 Å². The minimum absolute atomic E-state index is 0.0104. The van der Waals surface area contributed by atoms with Gasteiger partial charge >= 0.3 is 0 Å². The van der Waals surface area contributed by atoms with E-state index in [9.17, 15) is 14.7 Å². The van der Waals surface area contributed by atoms with Gasteiger partial charge in [0.25, 0.3) is 0 Å². The summed E-state index contributed by atoms with van der Waals surface area (Å²) < 4.78 is 13.1. The fourth-order valence-electron chi connectivity index (χ4n) is 5.74. The number of carbonyl (C=O) groups excluding carboxylic acids is 2. The second-order valence-corrected chi connectivity index (χ2v) is 11.5. The molecule has 0 aromatic heterocycles. The summed E-state index contributed by atoms with van der Waals surface area (Å²) in [6.45, 7) is 5.68. The van der Waals surface area contributed by atoms with Crippen molar-refractivity contribution >= 4 is 17.5 Å². The number of anilines is 1. The van der Waals surface area contributed by atoms with Crippen molar-refractivity contribution in [2.75, 3.05) is 38.0 Å². The van der Waals surface area contributed by atoms with Crippen molar-refractivity contribution in [3.63, 3.8) is 0 Å². The summed E-state index contributed by atoms with van der Waals surface area (Å²) in [5.41, 5.74) is 6.21. The SMILES string of the molecule is O=C(CCCC(=O)Nc1cccc([C@H]2O[C@@H](CN3CCN(Cc4ccccc4)CC3)C[C@@H](c3ccc(CO)cc3)O2)c1)NO. The van der Waals surface area contributed by atoms with Crippen LogP contribution in [-0.4, -0.2) is 70.8 Å². The molecule has 0 aliphatic carbocycles. The van der Waals surface area contributed by atoms with Gasteiger partial charge < -0.3 is 19.9 Å². The van der Waals surface area contributed by atoms with E-state index >= 15 is 0 Å². The Kier molecular flexibility index (Phi) is 11.5. The molecule has 2 heterocycles. The van der Waals surface area contributed by atoms with Crippen molar-refractivity contribution in [2.24, 2.45) is 0 Å². The van der Waals surface area contributed by atoms with Crippen LogP contribution in [0.5, 0.6) is 0 Å². The molecule has 2 saturated heterocycles. The predicted molar refractivity (Wildman–Crippen MR) is 165 cm³/mol. The number of hydroxylamine groups is 1. The first-order valence-electron chi connectivity index (χ1n) is 15.3. The molecule has 3 aromatic carbocycles. The maximum Gasteiger partial charge on any atom is 0.243 e. The number of amides is 2. The van der Waals surface area contributed by atoms with Gasteiger partial charge in [-0.05, 0) is 35.2 Å². The van der Waals surface area contributed by atoms with Crippen LogP contribution in [0.1, 0.15) is 60.3 Å². The van der Waals surface area contributed by atoms with E-state index in [0.29, 0.717) is 18.5 Å². The van der Waals surface area contributed by atoms with Gasteiger partial charge in [0.15, 0.2) is 6.29 Å². The number of nitrogens with zero attached hydrogens (tertiary/aromatic N) is 2. The summed E-state index contributed by atoms with van der Waals surface area (Å²) in [6, 6.07) is 25.9. The van der Waals surface area contributed by atoms with E-state index in [4.69, 9.17) is 14.7 Å². The van der Waals surface area contributed by atoms with E-state index < -0.39 is 12.2 Å². The number of hydrogen-bond acceptors (Lipinski definition) is 8. The maximum atomic E-state index is 12.5. The van der Waals surface area contributed by atoms with Crippen molar-refractivity contribution in [1.29, 1.82) is 0 Å². The maximum absolute atomic E-state index is 12.5. The van der Waals surface area contributed by atoms with Gasteiger partial charge in [0, 0.05) is 69.8 Å². The molecule has 10 heteroatoms. The van der Waals surface area contributed by atoms with Crippen LogP contribution in [-0.2, 0) is 32.2 Å². The summed E-state index contributed by atoms with van der Waals surface area (Å²) in [5.74, 6) is -0.736. The van der Waals surface area contributed by atoms with Crippen LogP contribution in [0.15, 0.2) is 78.9 Å². The van der Waals surface area contributed by atoms with Crippen LogP contribution in [0, 0.1) is 0 Å². The fourth-order valence-corrected chi connectivity index (χ4v) is 5.74. The highest BCUT2D eigenvalue weighted by Crippen LogP contribution is 2.38. The average molecular weight is 603 g/mol. The second-order valence-electron chi connectivity index (χ2n) is 11.5. The Morgan fingerprint density at radius 2 is 1.52 bits per heavy atom. The second kappa shape index (κ2) is 15.9. The molecule has 3 aromatic rings. The number of benzene rings is 3.